The molecule has 0 aromatic heterocycles. The number of aliphatic hydroxyl groups excluding tert-OH is 1. The minimum atomic E-state index is -4.95. The number of phosphoric acid groups is 2. The molecule has 0 fully saturated rings. The minimum absolute atomic E-state index is 0.105. The molecule has 0 saturated heterocycles. The van der Waals surface area contributed by atoms with E-state index >= 15 is 0 Å². The lowest BCUT2D eigenvalue weighted by molar-refractivity contribution is -0.161. The van der Waals surface area contributed by atoms with Crippen LogP contribution in [0.4, 0.5) is 0 Å². The van der Waals surface area contributed by atoms with Crippen molar-refractivity contribution >= 4 is 39.5 Å². The van der Waals surface area contributed by atoms with Crippen LogP contribution < -0.4 is 0 Å². The van der Waals surface area contributed by atoms with E-state index in [1.165, 1.54) is 199 Å². The van der Waals surface area contributed by atoms with Gasteiger partial charge < -0.3 is 33.8 Å². The van der Waals surface area contributed by atoms with Crippen LogP contribution in [0, 0.1) is 11.8 Å². The molecular formula is C74H144O17P2. The van der Waals surface area contributed by atoms with E-state index in [0.29, 0.717) is 25.7 Å². The van der Waals surface area contributed by atoms with Gasteiger partial charge in [0.2, 0.25) is 0 Å². The molecule has 0 aliphatic rings. The normalized spacial score (nSPS) is 14.1. The van der Waals surface area contributed by atoms with Crippen LogP contribution in [-0.4, -0.2) is 96.7 Å². The van der Waals surface area contributed by atoms with Gasteiger partial charge in [-0.1, -0.05) is 330 Å². The molecule has 19 heteroatoms. The zero-order valence-electron chi connectivity index (χ0n) is 60.6. The Kier molecular flexibility index (Phi) is 64.6. The van der Waals surface area contributed by atoms with Crippen LogP contribution in [0.25, 0.3) is 0 Å². The number of aliphatic hydroxyl groups is 1. The van der Waals surface area contributed by atoms with Gasteiger partial charge in [-0.15, -0.1) is 0 Å². The molecule has 0 aliphatic carbocycles. The number of esters is 4. The maximum absolute atomic E-state index is 13.1. The topological polar surface area (TPSA) is 237 Å². The lowest BCUT2D eigenvalue weighted by Gasteiger charge is -2.21. The van der Waals surface area contributed by atoms with Gasteiger partial charge in [0.05, 0.1) is 26.4 Å². The van der Waals surface area contributed by atoms with E-state index < -0.39 is 97.5 Å². The summed E-state index contributed by atoms with van der Waals surface area (Å²) in [6.45, 7) is 9.55. The molecule has 0 bridgehead atoms. The summed E-state index contributed by atoms with van der Waals surface area (Å²) in [6, 6.07) is 0. The van der Waals surface area contributed by atoms with Crippen LogP contribution in [-0.2, 0) is 65.4 Å². The highest BCUT2D eigenvalue weighted by Gasteiger charge is 2.30. The standard InChI is InChI=1S/C74H144O17P2/c1-7-9-11-13-15-17-19-21-22-23-25-27-33-40-46-52-58-73(78)90-69(62-84-71(76)56-50-44-38-32-26-24-20-18-16-14-12-10-8-2)64-88-92(80,81)86-60-68(75)61-87-93(82,83)89-65-70(91-74(79)59-53-47-41-35-29-31-37-43-49-55-67(5)6)63-85-72(77)57-51-45-39-34-28-30-36-42-48-54-66(3)4/h66-70,75H,7-65H2,1-6H3,(H,80,81)(H,82,83)/t68-,69-,70-/m1/s1. The van der Waals surface area contributed by atoms with Crippen LogP contribution in [0.1, 0.15) is 382 Å². The lowest BCUT2D eigenvalue weighted by Crippen LogP contribution is -2.30. The number of carbonyl (C=O) groups is 4. The zero-order valence-corrected chi connectivity index (χ0v) is 62.3. The molecule has 0 saturated carbocycles. The Morgan fingerprint density at radius 3 is 0.731 bits per heavy atom. The average molecular weight is 1370 g/mol. The first-order chi connectivity index (χ1) is 44.9. The van der Waals surface area contributed by atoms with Crippen LogP contribution in [0.5, 0.6) is 0 Å². The van der Waals surface area contributed by atoms with Crippen LogP contribution in [0.3, 0.4) is 0 Å². The predicted molar refractivity (Wildman–Crippen MR) is 377 cm³/mol. The van der Waals surface area contributed by atoms with E-state index in [0.717, 1.165) is 102 Å². The predicted octanol–water partition coefficient (Wildman–Crippen LogP) is 21.6. The molecule has 17 nitrogen and oxygen atoms in total. The highest BCUT2D eigenvalue weighted by atomic mass is 31.2. The van der Waals surface area contributed by atoms with Crippen molar-refractivity contribution in [3.05, 3.63) is 0 Å². The summed E-state index contributed by atoms with van der Waals surface area (Å²) in [5, 5.41) is 10.6. The Morgan fingerprint density at radius 2 is 0.495 bits per heavy atom. The van der Waals surface area contributed by atoms with Crippen molar-refractivity contribution in [3.63, 3.8) is 0 Å². The maximum Gasteiger partial charge on any atom is 0.472 e. The quantitative estimate of drug-likeness (QED) is 0.0222. The van der Waals surface area contributed by atoms with Gasteiger partial charge in [-0.25, -0.2) is 9.13 Å². The van der Waals surface area contributed by atoms with Crippen molar-refractivity contribution in [1.29, 1.82) is 0 Å². The average Bonchev–Trinajstić information content (AvgIpc) is 2.85. The summed E-state index contributed by atoms with van der Waals surface area (Å²) in [4.78, 5) is 72.7. The number of phosphoric ester groups is 2. The number of carbonyl (C=O) groups excluding carboxylic acids is 4. The Morgan fingerprint density at radius 1 is 0.290 bits per heavy atom. The summed E-state index contributed by atoms with van der Waals surface area (Å²) in [7, 11) is -9.91. The summed E-state index contributed by atoms with van der Waals surface area (Å²) < 4.78 is 68.5. The molecule has 0 heterocycles. The fourth-order valence-electron chi connectivity index (χ4n) is 11.3. The molecule has 0 radical (unpaired) electrons. The highest BCUT2D eigenvalue weighted by molar-refractivity contribution is 7.47. The van der Waals surface area contributed by atoms with E-state index in [1.807, 2.05) is 0 Å². The van der Waals surface area contributed by atoms with Crippen molar-refractivity contribution < 1.29 is 80.2 Å². The van der Waals surface area contributed by atoms with Gasteiger partial charge >= 0.3 is 39.5 Å². The Labute approximate surface area is 568 Å². The van der Waals surface area contributed by atoms with Gasteiger partial charge in [-0.2, -0.15) is 0 Å². The highest BCUT2D eigenvalue weighted by Crippen LogP contribution is 2.45. The largest absolute Gasteiger partial charge is 0.472 e. The fraction of sp³-hybridized carbons (Fsp3) is 0.946. The summed E-state index contributed by atoms with van der Waals surface area (Å²) in [5.41, 5.74) is 0. The number of rotatable bonds is 73. The van der Waals surface area contributed by atoms with E-state index in [2.05, 4.69) is 41.5 Å². The molecule has 5 atom stereocenters. The van der Waals surface area contributed by atoms with Gasteiger partial charge in [0, 0.05) is 25.7 Å². The first-order valence-electron chi connectivity index (χ1n) is 38.5. The summed E-state index contributed by atoms with van der Waals surface area (Å²) in [6.07, 6.45) is 52.6. The van der Waals surface area contributed by atoms with Crippen molar-refractivity contribution in [2.75, 3.05) is 39.6 Å². The Hall–Kier alpha value is -1.94. The number of ether oxygens (including phenoxy) is 4. The SMILES string of the molecule is CCCCCCCCCCCCCCCCCCC(=O)O[C@H](COC(=O)CCCCCCCCCCCCCCC)COP(=O)(O)OC[C@@H](O)COP(=O)(O)OC[C@@H](COC(=O)CCCCCCCCCCCC(C)C)OC(=O)CCCCCCCCCCCC(C)C. The third kappa shape index (κ3) is 68.4. The Balaban J connectivity index is 5.26. The molecule has 0 rings (SSSR count). The van der Waals surface area contributed by atoms with E-state index in [-0.39, 0.29) is 25.7 Å². The van der Waals surface area contributed by atoms with Crippen molar-refractivity contribution in [1.82, 2.24) is 0 Å². The van der Waals surface area contributed by atoms with Crippen LogP contribution >= 0.6 is 15.6 Å². The Bertz CT molecular complexity index is 1800. The first kappa shape index (κ1) is 91.1. The maximum atomic E-state index is 13.1. The van der Waals surface area contributed by atoms with E-state index in [4.69, 9.17) is 37.0 Å². The molecular weight excluding hydrogens is 1220 g/mol. The minimum Gasteiger partial charge on any atom is -0.462 e. The fourth-order valence-corrected chi connectivity index (χ4v) is 12.9. The number of hydrogen-bond acceptors (Lipinski definition) is 15. The second-order valence-corrected chi connectivity index (χ2v) is 30.5. The van der Waals surface area contributed by atoms with Crippen LogP contribution in [0.15, 0.2) is 0 Å². The monoisotopic (exact) mass is 1370 g/mol. The molecule has 0 aliphatic heterocycles. The zero-order chi connectivity index (χ0) is 68.6. The molecule has 3 N–H and O–H groups in total. The van der Waals surface area contributed by atoms with E-state index in [9.17, 15) is 43.2 Å². The number of hydrogen-bond donors (Lipinski definition) is 3. The molecule has 0 aromatic rings. The summed E-state index contributed by atoms with van der Waals surface area (Å²) >= 11 is 0. The number of unbranched alkanes of at least 4 members (excludes halogenated alkanes) is 43. The van der Waals surface area contributed by atoms with E-state index in [1.54, 1.807) is 0 Å². The third-order valence-corrected chi connectivity index (χ3v) is 19.1. The van der Waals surface area contributed by atoms with Crippen molar-refractivity contribution in [3.8, 4) is 0 Å². The summed E-state index contributed by atoms with van der Waals surface area (Å²) in [5.74, 6) is -0.637. The van der Waals surface area contributed by atoms with Crippen molar-refractivity contribution in [2.24, 2.45) is 11.8 Å². The molecule has 2 unspecified atom stereocenters. The second kappa shape index (κ2) is 66.0. The van der Waals surface area contributed by atoms with Gasteiger partial charge in [0.15, 0.2) is 12.2 Å². The van der Waals surface area contributed by atoms with Gasteiger partial charge in [0.25, 0.3) is 0 Å². The van der Waals surface area contributed by atoms with Gasteiger partial charge in [0.1, 0.15) is 19.3 Å². The molecule has 93 heavy (non-hydrogen) atoms. The van der Waals surface area contributed by atoms with Crippen molar-refractivity contribution in [2.45, 2.75) is 400 Å². The molecule has 552 valence electrons. The second-order valence-electron chi connectivity index (χ2n) is 27.6. The smallest absolute Gasteiger partial charge is 0.462 e. The lowest BCUT2D eigenvalue weighted by atomic mass is 10.0. The third-order valence-electron chi connectivity index (χ3n) is 17.2. The van der Waals surface area contributed by atoms with Crippen LogP contribution in [0.2, 0.25) is 0 Å². The molecule has 0 amide bonds. The van der Waals surface area contributed by atoms with Gasteiger partial charge in [-0.05, 0) is 37.5 Å². The van der Waals surface area contributed by atoms with Gasteiger partial charge in [-0.3, -0.25) is 37.3 Å². The first-order valence-corrected chi connectivity index (χ1v) is 41.5. The molecule has 0 spiro atoms. The molecule has 0 aromatic carbocycles.